The molecule has 2 heterocycles. The van der Waals surface area contributed by atoms with Crippen LogP contribution in [0.25, 0.3) is 0 Å². The van der Waals surface area contributed by atoms with Crippen molar-refractivity contribution in [2.24, 2.45) is 0 Å². The van der Waals surface area contributed by atoms with Crippen molar-refractivity contribution in [3.8, 4) is 0 Å². The zero-order chi connectivity index (χ0) is 19.6. The van der Waals surface area contributed by atoms with Crippen LogP contribution in [0, 0.1) is 0 Å². The molecule has 6 nitrogen and oxygen atoms in total. The molecule has 0 bridgehead atoms. The molecule has 1 aromatic heterocycles. The number of thiophene rings is 1. The Bertz CT molecular complexity index is 882. The molecule has 1 aliphatic heterocycles. The first-order valence-electron chi connectivity index (χ1n) is 8.55. The van der Waals surface area contributed by atoms with Crippen molar-refractivity contribution in [2.75, 3.05) is 30.4 Å². The summed E-state index contributed by atoms with van der Waals surface area (Å²) < 4.78 is 14.6. The number of nitrogens with one attached hydrogen (secondary N) is 1. The smallest absolute Gasteiger partial charge is 0.267 e. The van der Waals surface area contributed by atoms with Crippen LogP contribution in [0.2, 0.25) is 4.34 Å². The average molecular weight is 426 g/mol. The molecule has 144 valence electrons. The predicted octanol–water partition coefficient (Wildman–Crippen LogP) is 3.75. The van der Waals surface area contributed by atoms with Crippen molar-refractivity contribution in [3.05, 3.63) is 39.5 Å². The maximum absolute atomic E-state index is 12.7. The van der Waals surface area contributed by atoms with Crippen LogP contribution in [0.3, 0.4) is 0 Å². The van der Waals surface area contributed by atoms with E-state index in [1.54, 1.807) is 34.5 Å². The van der Waals surface area contributed by atoms with Gasteiger partial charge in [0.1, 0.15) is 15.9 Å². The molecular weight excluding hydrogens is 406 g/mol. The van der Waals surface area contributed by atoms with Gasteiger partial charge in [0.2, 0.25) is 5.91 Å². The number of nitrogens with zero attached hydrogens (tertiary/aromatic N) is 2. The molecular formula is C18H20ClN3O3S2. The van der Waals surface area contributed by atoms with Crippen molar-refractivity contribution in [1.29, 1.82) is 0 Å². The number of halogens is 1. The summed E-state index contributed by atoms with van der Waals surface area (Å²) in [6.45, 7) is 3.19. The number of hydrogen-bond donors (Lipinski definition) is 1. The van der Waals surface area contributed by atoms with Gasteiger partial charge in [-0.2, -0.15) is 0 Å². The largest absolute Gasteiger partial charge is 0.321 e. The predicted molar refractivity (Wildman–Crippen MR) is 110 cm³/mol. The fourth-order valence-electron chi connectivity index (χ4n) is 2.75. The summed E-state index contributed by atoms with van der Waals surface area (Å²) in [4.78, 5) is 27.0. The van der Waals surface area contributed by atoms with Gasteiger partial charge in [0.25, 0.3) is 5.91 Å². The van der Waals surface area contributed by atoms with E-state index in [1.807, 2.05) is 19.1 Å². The van der Waals surface area contributed by atoms with Crippen molar-refractivity contribution in [1.82, 2.24) is 4.31 Å². The number of benzene rings is 1. The zero-order valence-electron chi connectivity index (χ0n) is 15.0. The van der Waals surface area contributed by atoms with Crippen LogP contribution in [0.4, 0.5) is 11.4 Å². The summed E-state index contributed by atoms with van der Waals surface area (Å²) in [5.74, 6) is -0.239. The minimum Gasteiger partial charge on any atom is -0.321 e. The van der Waals surface area contributed by atoms with Gasteiger partial charge in [-0.25, -0.2) is 8.51 Å². The summed E-state index contributed by atoms with van der Waals surface area (Å²) in [6.07, 6.45) is 1.44. The van der Waals surface area contributed by atoms with Crippen molar-refractivity contribution in [2.45, 2.75) is 24.7 Å². The molecule has 2 amide bonds. The number of amides is 2. The normalized spacial score (nSPS) is 15.4. The van der Waals surface area contributed by atoms with E-state index in [2.05, 4.69) is 5.32 Å². The first-order valence-corrected chi connectivity index (χ1v) is 10.8. The standard InChI is InChI=1S/C18H20ClN3O3S2/c1-3-21(2)27(25)14-11-15(19)26-17(14)18(24)20-12-6-8-13(9-7-12)22-10-4-5-16(22)23/h6-9,11H,3-5,10H2,1-2H3,(H,20,24). The van der Waals surface area contributed by atoms with Gasteiger partial charge >= 0.3 is 0 Å². The lowest BCUT2D eigenvalue weighted by atomic mass is 10.2. The van der Waals surface area contributed by atoms with E-state index in [0.717, 1.165) is 30.0 Å². The minimum atomic E-state index is -1.45. The molecule has 1 saturated heterocycles. The maximum atomic E-state index is 12.7. The highest BCUT2D eigenvalue weighted by Gasteiger charge is 2.23. The van der Waals surface area contributed by atoms with Crippen molar-refractivity contribution >= 4 is 57.1 Å². The topological polar surface area (TPSA) is 69.7 Å². The van der Waals surface area contributed by atoms with E-state index in [-0.39, 0.29) is 11.8 Å². The minimum absolute atomic E-state index is 0.118. The molecule has 1 unspecified atom stereocenters. The third-order valence-corrected chi connectivity index (χ3v) is 7.22. The highest BCUT2D eigenvalue weighted by Crippen LogP contribution is 2.31. The Hall–Kier alpha value is -1.74. The first-order chi connectivity index (χ1) is 12.9. The molecule has 1 aliphatic rings. The van der Waals surface area contributed by atoms with E-state index >= 15 is 0 Å². The molecule has 0 spiro atoms. The van der Waals surface area contributed by atoms with E-state index in [4.69, 9.17) is 11.6 Å². The molecule has 27 heavy (non-hydrogen) atoms. The van der Waals surface area contributed by atoms with Crippen molar-refractivity contribution in [3.63, 3.8) is 0 Å². The summed E-state index contributed by atoms with van der Waals surface area (Å²) in [5.41, 5.74) is 1.42. The van der Waals surface area contributed by atoms with Crippen LogP contribution in [0.5, 0.6) is 0 Å². The van der Waals surface area contributed by atoms with Crippen LogP contribution >= 0.6 is 22.9 Å². The fourth-order valence-corrected chi connectivity index (χ4v) is 5.29. The van der Waals surface area contributed by atoms with E-state index in [9.17, 15) is 13.8 Å². The lowest BCUT2D eigenvalue weighted by Crippen LogP contribution is -2.23. The number of rotatable bonds is 6. The SMILES string of the molecule is CCN(C)S(=O)c1cc(Cl)sc1C(=O)Nc1ccc(N2CCCC2=O)cc1. The molecule has 3 rings (SSSR count). The van der Waals surface area contributed by atoms with Crippen LogP contribution < -0.4 is 10.2 Å². The summed E-state index contributed by atoms with van der Waals surface area (Å²) in [7, 11) is 0.271. The first kappa shape index (κ1) is 20.0. The molecule has 0 radical (unpaired) electrons. The van der Waals surface area contributed by atoms with Crippen LogP contribution in [0.1, 0.15) is 29.4 Å². The van der Waals surface area contributed by atoms with E-state index in [1.165, 1.54) is 0 Å². The Morgan fingerprint density at radius 1 is 1.37 bits per heavy atom. The highest BCUT2D eigenvalue weighted by atomic mass is 35.5. The molecule has 1 aromatic carbocycles. The second kappa shape index (κ2) is 8.52. The second-order valence-corrected chi connectivity index (χ2v) is 9.33. The fraction of sp³-hybridized carbons (Fsp3) is 0.333. The Balaban J connectivity index is 1.76. The van der Waals surface area contributed by atoms with Gasteiger partial charge in [0, 0.05) is 37.9 Å². The molecule has 0 aliphatic carbocycles. The number of anilines is 2. The van der Waals surface area contributed by atoms with E-state index in [0.29, 0.717) is 32.8 Å². The number of carbonyl (C=O) groups excluding carboxylic acids is 2. The lowest BCUT2D eigenvalue weighted by molar-refractivity contribution is -0.117. The third-order valence-electron chi connectivity index (χ3n) is 4.30. The Labute approximate surface area is 169 Å². The Morgan fingerprint density at radius 3 is 2.67 bits per heavy atom. The van der Waals surface area contributed by atoms with Gasteiger partial charge in [-0.3, -0.25) is 9.59 Å². The van der Waals surface area contributed by atoms with E-state index < -0.39 is 11.0 Å². The quantitative estimate of drug-likeness (QED) is 0.766. The third kappa shape index (κ3) is 4.40. The highest BCUT2D eigenvalue weighted by molar-refractivity contribution is 7.83. The molecule has 1 N–H and O–H groups in total. The Kier molecular flexibility index (Phi) is 6.31. The van der Waals surface area contributed by atoms with Gasteiger partial charge in [0.05, 0.1) is 9.23 Å². The second-order valence-electron chi connectivity index (χ2n) is 6.09. The van der Waals surface area contributed by atoms with Gasteiger partial charge < -0.3 is 10.2 Å². The molecule has 0 saturated carbocycles. The van der Waals surface area contributed by atoms with Crippen LogP contribution in [0.15, 0.2) is 35.2 Å². The number of hydrogen-bond acceptors (Lipinski definition) is 4. The summed E-state index contributed by atoms with van der Waals surface area (Å²) >= 11 is 7.16. The molecule has 2 aromatic rings. The van der Waals surface area contributed by atoms with Crippen molar-refractivity contribution < 1.29 is 13.8 Å². The molecule has 1 atom stereocenters. The summed E-state index contributed by atoms with van der Waals surface area (Å²) in [6, 6.07) is 8.70. The van der Waals surface area contributed by atoms with Gasteiger partial charge in [-0.15, -0.1) is 11.3 Å². The Morgan fingerprint density at radius 2 is 2.07 bits per heavy atom. The average Bonchev–Trinajstić information content (AvgIpc) is 3.26. The lowest BCUT2D eigenvalue weighted by Gasteiger charge is -2.16. The number of carbonyl (C=O) groups is 2. The maximum Gasteiger partial charge on any atom is 0.267 e. The monoisotopic (exact) mass is 425 g/mol. The zero-order valence-corrected chi connectivity index (χ0v) is 17.4. The molecule has 1 fully saturated rings. The van der Waals surface area contributed by atoms with Gasteiger partial charge in [0.15, 0.2) is 0 Å². The van der Waals surface area contributed by atoms with Crippen LogP contribution in [-0.2, 0) is 15.8 Å². The van der Waals surface area contributed by atoms with Crippen LogP contribution in [-0.4, -0.2) is 40.5 Å². The van der Waals surface area contributed by atoms with Gasteiger partial charge in [-0.1, -0.05) is 18.5 Å². The summed E-state index contributed by atoms with van der Waals surface area (Å²) in [5, 5.41) is 2.81. The molecule has 9 heteroatoms. The van der Waals surface area contributed by atoms with Gasteiger partial charge in [-0.05, 0) is 36.8 Å².